The molecule has 0 aliphatic rings. The van der Waals surface area contributed by atoms with Crippen molar-refractivity contribution in [3.05, 3.63) is 43.8 Å². The molecule has 0 fully saturated rings. The van der Waals surface area contributed by atoms with Crippen LogP contribution in [0.2, 0.25) is 0 Å². The molecule has 3 N–H and O–H groups in total. The first kappa shape index (κ1) is 16.0. The lowest BCUT2D eigenvalue weighted by atomic mass is 10.2. The van der Waals surface area contributed by atoms with E-state index in [-0.39, 0.29) is 17.3 Å². The molecule has 1 aromatic carbocycles. The van der Waals surface area contributed by atoms with E-state index in [1.165, 1.54) is 13.3 Å². The number of anilines is 1. The predicted molar refractivity (Wildman–Crippen MR) is 87.9 cm³/mol. The average Bonchev–Trinajstić information content (AvgIpc) is 2.49. The average molecular weight is 367 g/mol. The van der Waals surface area contributed by atoms with Gasteiger partial charge < -0.3 is 9.84 Å². The number of halogens is 1. The number of aromatic nitrogens is 2. The summed E-state index contributed by atoms with van der Waals surface area (Å²) in [6, 6.07) is 3.35. The number of hydrogen-bond donors (Lipinski definition) is 3. The van der Waals surface area contributed by atoms with E-state index in [1.807, 2.05) is 0 Å². The minimum atomic E-state index is -0.214. The third kappa shape index (κ3) is 3.28. The first-order valence-corrected chi connectivity index (χ1v) is 7.15. The third-order valence-corrected chi connectivity index (χ3v) is 3.93. The molecule has 116 valence electrons. The van der Waals surface area contributed by atoms with Gasteiger partial charge in [-0.05, 0) is 41.9 Å². The van der Waals surface area contributed by atoms with E-state index >= 15 is 0 Å². The quantitative estimate of drug-likeness (QED) is 0.569. The molecule has 0 aliphatic carbocycles. The lowest BCUT2D eigenvalue weighted by Crippen LogP contribution is -2.15. The van der Waals surface area contributed by atoms with Gasteiger partial charge in [-0.25, -0.2) is 10.4 Å². The zero-order valence-electron chi connectivity index (χ0n) is 12.3. The number of nitrogens with zero attached hydrogens (tertiary/aromatic N) is 2. The van der Waals surface area contributed by atoms with Gasteiger partial charge in [-0.1, -0.05) is 0 Å². The summed E-state index contributed by atoms with van der Waals surface area (Å²) in [4.78, 5) is 18.4. The Hall–Kier alpha value is -2.35. The van der Waals surface area contributed by atoms with Crippen LogP contribution in [0, 0.1) is 13.8 Å². The summed E-state index contributed by atoms with van der Waals surface area (Å²) < 4.78 is 5.46. The number of benzene rings is 1. The number of aromatic amines is 1. The van der Waals surface area contributed by atoms with Gasteiger partial charge in [0, 0.05) is 16.8 Å². The van der Waals surface area contributed by atoms with Gasteiger partial charge in [0.1, 0.15) is 0 Å². The van der Waals surface area contributed by atoms with E-state index in [0.29, 0.717) is 27.0 Å². The van der Waals surface area contributed by atoms with Crippen LogP contribution in [0.1, 0.15) is 16.8 Å². The normalized spacial score (nSPS) is 10.9. The fourth-order valence-corrected chi connectivity index (χ4v) is 2.12. The predicted octanol–water partition coefficient (Wildman–Crippen LogP) is 2.31. The number of ether oxygens (including phenoxy) is 1. The first-order chi connectivity index (χ1) is 10.4. The van der Waals surface area contributed by atoms with E-state index in [9.17, 15) is 9.90 Å². The number of nitrogens with one attached hydrogen (secondary N) is 2. The molecular formula is C14H15BrN4O3. The molecule has 0 saturated carbocycles. The number of hydrogen-bond acceptors (Lipinski definition) is 6. The van der Waals surface area contributed by atoms with Crippen molar-refractivity contribution in [3.63, 3.8) is 0 Å². The summed E-state index contributed by atoms with van der Waals surface area (Å²) in [5, 5.41) is 13.9. The summed E-state index contributed by atoms with van der Waals surface area (Å²) in [6.07, 6.45) is 1.48. The molecule has 0 unspecified atom stereocenters. The largest absolute Gasteiger partial charge is 0.503 e. The van der Waals surface area contributed by atoms with E-state index < -0.39 is 0 Å². The van der Waals surface area contributed by atoms with Crippen LogP contribution in [0.4, 0.5) is 5.95 Å². The van der Waals surface area contributed by atoms with Crippen molar-refractivity contribution in [2.45, 2.75) is 13.8 Å². The lowest BCUT2D eigenvalue weighted by Gasteiger charge is -2.07. The number of aromatic hydroxyl groups is 1. The van der Waals surface area contributed by atoms with E-state index in [1.54, 1.807) is 26.0 Å². The molecule has 0 saturated heterocycles. The SMILES string of the molecule is COc1ccc(/C=N\Nc2nc(C)c(C)c(=O)[nH]2)c(Br)c1O. The highest BCUT2D eigenvalue weighted by atomic mass is 79.9. The Labute approximate surface area is 135 Å². The van der Waals surface area contributed by atoms with E-state index in [0.717, 1.165) is 0 Å². The van der Waals surface area contributed by atoms with Gasteiger partial charge in [0.15, 0.2) is 11.5 Å². The highest BCUT2D eigenvalue weighted by molar-refractivity contribution is 9.10. The second-order valence-corrected chi connectivity index (χ2v) is 5.31. The van der Waals surface area contributed by atoms with Gasteiger partial charge in [0.25, 0.3) is 5.56 Å². The molecule has 0 atom stereocenters. The highest BCUT2D eigenvalue weighted by Gasteiger charge is 2.09. The second kappa shape index (κ2) is 6.61. The van der Waals surface area contributed by atoms with Crippen LogP contribution in [0.15, 0.2) is 26.5 Å². The number of phenolic OH excluding ortho intramolecular Hbond substituents is 1. The van der Waals surface area contributed by atoms with Crippen LogP contribution in [0.25, 0.3) is 0 Å². The molecular weight excluding hydrogens is 352 g/mol. The molecule has 0 aliphatic heterocycles. The topological polar surface area (TPSA) is 99.6 Å². The lowest BCUT2D eigenvalue weighted by molar-refractivity contribution is 0.372. The van der Waals surface area contributed by atoms with Crippen molar-refractivity contribution in [1.82, 2.24) is 9.97 Å². The van der Waals surface area contributed by atoms with Crippen LogP contribution in [0.3, 0.4) is 0 Å². The fraction of sp³-hybridized carbons (Fsp3) is 0.214. The molecule has 22 heavy (non-hydrogen) atoms. The van der Waals surface area contributed by atoms with Gasteiger partial charge in [0.2, 0.25) is 5.95 Å². The van der Waals surface area contributed by atoms with Gasteiger partial charge in [0.05, 0.1) is 17.8 Å². The molecule has 2 aromatic rings. The Morgan fingerprint density at radius 2 is 2.18 bits per heavy atom. The molecule has 1 aromatic heterocycles. The van der Waals surface area contributed by atoms with Crippen molar-refractivity contribution in [3.8, 4) is 11.5 Å². The summed E-state index contributed by atoms with van der Waals surface area (Å²) in [7, 11) is 1.47. The minimum absolute atomic E-state index is 0.0100. The fourth-order valence-electron chi connectivity index (χ4n) is 1.69. The van der Waals surface area contributed by atoms with Crippen molar-refractivity contribution < 1.29 is 9.84 Å². The van der Waals surface area contributed by atoms with E-state index in [2.05, 4.69) is 36.4 Å². The first-order valence-electron chi connectivity index (χ1n) is 6.36. The molecule has 8 heteroatoms. The molecule has 2 rings (SSSR count). The number of hydrazone groups is 1. The molecule has 0 radical (unpaired) electrons. The molecule has 0 spiro atoms. The smallest absolute Gasteiger partial charge is 0.255 e. The van der Waals surface area contributed by atoms with Gasteiger partial charge in [-0.15, -0.1) is 0 Å². The maximum atomic E-state index is 11.6. The Balaban J connectivity index is 2.20. The van der Waals surface area contributed by atoms with Crippen molar-refractivity contribution >= 4 is 28.1 Å². The maximum Gasteiger partial charge on any atom is 0.255 e. The van der Waals surface area contributed by atoms with Crippen LogP contribution in [0.5, 0.6) is 11.5 Å². The summed E-state index contributed by atoms with van der Waals surface area (Å²) in [5.74, 6) is 0.597. The van der Waals surface area contributed by atoms with Crippen molar-refractivity contribution in [2.75, 3.05) is 12.5 Å². The third-order valence-electron chi connectivity index (χ3n) is 3.10. The standard InChI is InChI=1S/C14H15BrN4O3/c1-7-8(2)17-14(18-13(7)21)19-16-6-9-4-5-10(22-3)12(20)11(9)15/h4-6,20H,1-3H3,(H2,17,18,19,21)/b16-6-. The van der Waals surface area contributed by atoms with Gasteiger partial charge >= 0.3 is 0 Å². The van der Waals surface area contributed by atoms with Crippen LogP contribution in [-0.2, 0) is 0 Å². The van der Waals surface area contributed by atoms with Crippen LogP contribution in [-0.4, -0.2) is 28.4 Å². The minimum Gasteiger partial charge on any atom is -0.503 e. The molecule has 7 nitrogen and oxygen atoms in total. The zero-order chi connectivity index (χ0) is 16.3. The molecule has 1 heterocycles. The second-order valence-electron chi connectivity index (χ2n) is 4.51. The Morgan fingerprint density at radius 1 is 1.45 bits per heavy atom. The summed E-state index contributed by atoms with van der Waals surface area (Å²) >= 11 is 3.27. The number of phenols is 1. The molecule has 0 amide bonds. The Bertz CT molecular complexity index is 786. The number of aryl methyl sites for hydroxylation is 1. The van der Waals surface area contributed by atoms with Gasteiger partial charge in [-0.3, -0.25) is 9.78 Å². The monoisotopic (exact) mass is 366 g/mol. The number of rotatable bonds is 4. The summed E-state index contributed by atoms with van der Waals surface area (Å²) in [5.41, 5.74) is 4.26. The Morgan fingerprint density at radius 3 is 2.82 bits per heavy atom. The highest BCUT2D eigenvalue weighted by Crippen LogP contribution is 2.35. The van der Waals surface area contributed by atoms with E-state index in [4.69, 9.17) is 4.74 Å². The molecule has 0 bridgehead atoms. The number of methoxy groups -OCH3 is 1. The maximum absolute atomic E-state index is 11.6. The number of H-pyrrole nitrogens is 1. The zero-order valence-corrected chi connectivity index (χ0v) is 13.9. The van der Waals surface area contributed by atoms with Gasteiger partial charge in [-0.2, -0.15) is 5.10 Å². The Kier molecular flexibility index (Phi) is 4.81. The van der Waals surface area contributed by atoms with Crippen molar-refractivity contribution in [2.24, 2.45) is 5.10 Å². The summed E-state index contributed by atoms with van der Waals surface area (Å²) in [6.45, 7) is 3.45. The van der Waals surface area contributed by atoms with Crippen LogP contribution >= 0.6 is 15.9 Å². The van der Waals surface area contributed by atoms with Crippen molar-refractivity contribution in [1.29, 1.82) is 0 Å². The van der Waals surface area contributed by atoms with Crippen LogP contribution < -0.4 is 15.7 Å².